The van der Waals surface area contributed by atoms with E-state index in [4.69, 9.17) is 5.73 Å². The molecule has 0 aromatic heterocycles. The molecule has 0 aliphatic carbocycles. The van der Waals surface area contributed by atoms with Gasteiger partial charge in [0.25, 0.3) is 0 Å². The fourth-order valence-corrected chi connectivity index (χ4v) is 2.51. The Labute approximate surface area is 164 Å². The average molecular weight is 469 g/mol. The van der Waals surface area contributed by atoms with Gasteiger partial charge in [-0.25, -0.2) is 0 Å². The smallest absolute Gasteiger partial charge is 0.398 e. The van der Waals surface area contributed by atoms with Gasteiger partial charge in [0.05, 0.1) is 27.9 Å². The standard InChI is InChI=1S/C17H7F12NO/c18-14(19,20)8-1-6(2-9(5-8)15(21,22)23)13(31)7-3-10(16(24,25)26)12(30)11(4-7)17(27,28)29/h1-5H,30H2. The largest absolute Gasteiger partial charge is 0.418 e. The average Bonchev–Trinajstić information content (AvgIpc) is 2.57. The Morgan fingerprint density at radius 2 is 0.871 bits per heavy atom. The molecule has 0 spiro atoms. The van der Waals surface area contributed by atoms with Gasteiger partial charge in [-0.1, -0.05) is 0 Å². The number of nitrogen functional groups attached to an aromatic ring is 1. The Kier molecular flexibility index (Phi) is 5.76. The number of ketones is 1. The Bertz CT molecular complexity index is 944. The van der Waals surface area contributed by atoms with Crippen LogP contribution in [-0.2, 0) is 24.7 Å². The fourth-order valence-electron chi connectivity index (χ4n) is 2.51. The van der Waals surface area contributed by atoms with Crippen molar-refractivity contribution in [3.05, 3.63) is 63.7 Å². The highest BCUT2D eigenvalue weighted by molar-refractivity contribution is 6.09. The van der Waals surface area contributed by atoms with Crippen molar-refractivity contribution in [1.82, 2.24) is 0 Å². The van der Waals surface area contributed by atoms with Crippen molar-refractivity contribution in [2.75, 3.05) is 5.73 Å². The second-order valence-electron chi connectivity index (χ2n) is 6.10. The van der Waals surface area contributed by atoms with Crippen molar-refractivity contribution in [3.63, 3.8) is 0 Å². The van der Waals surface area contributed by atoms with E-state index in [0.717, 1.165) is 0 Å². The van der Waals surface area contributed by atoms with Crippen LogP contribution >= 0.6 is 0 Å². The van der Waals surface area contributed by atoms with Gasteiger partial charge in [0.15, 0.2) is 5.78 Å². The molecule has 2 N–H and O–H groups in total. The van der Waals surface area contributed by atoms with Crippen LogP contribution in [0.5, 0.6) is 0 Å². The van der Waals surface area contributed by atoms with Crippen molar-refractivity contribution >= 4 is 11.5 Å². The minimum atomic E-state index is -5.51. The van der Waals surface area contributed by atoms with Gasteiger partial charge in [0.2, 0.25) is 0 Å². The highest BCUT2D eigenvalue weighted by Gasteiger charge is 2.42. The first-order valence-electron chi connectivity index (χ1n) is 7.65. The predicted molar refractivity (Wildman–Crippen MR) is 80.7 cm³/mol. The van der Waals surface area contributed by atoms with E-state index in [-0.39, 0.29) is 30.3 Å². The number of anilines is 1. The zero-order valence-corrected chi connectivity index (χ0v) is 14.4. The SMILES string of the molecule is Nc1c(C(F)(F)F)cc(C(=O)c2cc(C(F)(F)F)cc(C(F)(F)F)c2)cc1C(F)(F)F. The lowest BCUT2D eigenvalue weighted by molar-refractivity contribution is -0.144. The molecule has 2 aromatic rings. The summed E-state index contributed by atoms with van der Waals surface area (Å²) in [6, 6.07) is -0.953. The highest BCUT2D eigenvalue weighted by Crippen LogP contribution is 2.43. The molecule has 0 unspecified atom stereocenters. The Balaban J connectivity index is 2.80. The lowest BCUT2D eigenvalue weighted by Gasteiger charge is -2.18. The minimum Gasteiger partial charge on any atom is -0.398 e. The molecule has 0 saturated carbocycles. The highest BCUT2D eigenvalue weighted by atomic mass is 19.4. The number of halogens is 12. The summed E-state index contributed by atoms with van der Waals surface area (Å²) in [5, 5.41) is 0. The molecular formula is C17H7F12NO. The van der Waals surface area contributed by atoms with Crippen molar-refractivity contribution in [2.45, 2.75) is 24.7 Å². The first-order chi connectivity index (χ1) is 13.7. The molecule has 0 radical (unpaired) electrons. The summed E-state index contributed by atoms with van der Waals surface area (Å²) in [6.45, 7) is 0. The summed E-state index contributed by atoms with van der Waals surface area (Å²) < 4.78 is 156. The van der Waals surface area contributed by atoms with E-state index in [2.05, 4.69) is 0 Å². The van der Waals surface area contributed by atoms with Gasteiger partial charge < -0.3 is 5.73 Å². The van der Waals surface area contributed by atoms with Crippen LogP contribution in [0.25, 0.3) is 0 Å². The number of nitrogens with two attached hydrogens (primary N) is 1. The molecule has 0 bridgehead atoms. The fraction of sp³-hybridized carbons (Fsp3) is 0.235. The maximum Gasteiger partial charge on any atom is 0.418 e. The molecule has 0 aliphatic rings. The van der Waals surface area contributed by atoms with Crippen LogP contribution in [0.3, 0.4) is 0 Å². The van der Waals surface area contributed by atoms with Crippen LogP contribution in [0.4, 0.5) is 58.4 Å². The monoisotopic (exact) mass is 469 g/mol. The van der Waals surface area contributed by atoms with E-state index in [0.29, 0.717) is 0 Å². The molecule has 170 valence electrons. The van der Waals surface area contributed by atoms with Gasteiger partial charge >= 0.3 is 24.7 Å². The lowest BCUT2D eigenvalue weighted by atomic mass is 9.94. The molecule has 31 heavy (non-hydrogen) atoms. The van der Waals surface area contributed by atoms with Gasteiger partial charge in [-0.2, -0.15) is 52.7 Å². The molecule has 0 fully saturated rings. The second kappa shape index (κ2) is 7.34. The second-order valence-corrected chi connectivity index (χ2v) is 6.10. The third-order valence-corrected chi connectivity index (χ3v) is 3.90. The quantitative estimate of drug-likeness (QED) is 0.307. The maximum absolute atomic E-state index is 13.0. The van der Waals surface area contributed by atoms with Crippen LogP contribution in [0.15, 0.2) is 30.3 Å². The number of benzene rings is 2. The predicted octanol–water partition coefficient (Wildman–Crippen LogP) is 6.58. The first-order valence-corrected chi connectivity index (χ1v) is 7.65. The van der Waals surface area contributed by atoms with Crippen LogP contribution in [-0.4, -0.2) is 5.78 Å². The van der Waals surface area contributed by atoms with Gasteiger partial charge in [-0.3, -0.25) is 4.79 Å². The van der Waals surface area contributed by atoms with Crippen LogP contribution < -0.4 is 5.73 Å². The van der Waals surface area contributed by atoms with Crippen LogP contribution in [0.2, 0.25) is 0 Å². The molecule has 0 amide bonds. The van der Waals surface area contributed by atoms with Crippen molar-refractivity contribution in [2.24, 2.45) is 0 Å². The lowest BCUT2D eigenvalue weighted by Crippen LogP contribution is -2.19. The van der Waals surface area contributed by atoms with Gasteiger partial charge in [-0.05, 0) is 30.3 Å². The molecule has 14 heteroatoms. The molecule has 2 aromatic carbocycles. The molecule has 0 atom stereocenters. The third kappa shape index (κ3) is 5.22. The molecule has 0 saturated heterocycles. The number of hydrogen-bond acceptors (Lipinski definition) is 2. The molecule has 0 heterocycles. The summed E-state index contributed by atoms with van der Waals surface area (Å²) in [5.74, 6) is -1.94. The Hall–Kier alpha value is -2.93. The maximum atomic E-state index is 13.0. The van der Waals surface area contributed by atoms with E-state index in [1.165, 1.54) is 0 Å². The third-order valence-electron chi connectivity index (χ3n) is 3.90. The van der Waals surface area contributed by atoms with Gasteiger partial charge in [0.1, 0.15) is 0 Å². The number of rotatable bonds is 2. The van der Waals surface area contributed by atoms with Crippen LogP contribution in [0, 0.1) is 0 Å². The van der Waals surface area contributed by atoms with E-state index < -0.39 is 69.6 Å². The summed E-state index contributed by atoms with van der Waals surface area (Å²) in [7, 11) is 0. The van der Waals surface area contributed by atoms with Gasteiger partial charge in [0, 0.05) is 11.1 Å². The summed E-state index contributed by atoms with van der Waals surface area (Å²) in [4.78, 5) is 12.4. The summed E-state index contributed by atoms with van der Waals surface area (Å²) in [6.07, 6.45) is -21.8. The molecule has 0 aliphatic heterocycles. The number of alkyl halides is 12. The van der Waals surface area contributed by atoms with Crippen molar-refractivity contribution in [3.8, 4) is 0 Å². The van der Waals surface area contributed by atoms with E-state index in [9.17, 15) is 57.5 Å². The number of hydrogen-bond donors (Lipinski definition) is 1. The number of carbonyl (C=O) groups excluding carboxylic acids is 1. The zero-order chi connectivity index (χ0) is 24.2. The minimum absolute atomic E-state index is 0.117. The van der Waals surface area contributed by atoms with E-state index >= 15 is 0 Å². The van der Waals surface area contributed by atoms with Crippen LogP contribution in [0.1, 0.15) is 38.2 Å². The Morgan fingerprint density at radius 1 is 0.548 bits per heavy atom. The van der Waals surface area contributed by atoms with Crippen molar-refractivity contribution in [1.29, 1.82) is 0 Å². The topological polar surface area (TPSA) is 43.1 Å². The first kappa shape index (κ1) is 24.3. The zero-order valence-electron chi connectivity index (χ0n) is 14.4. The van der Waals surface area contributed by atoms with E-state index in [1.54, 1.807) is 0 Å². The number of carbonyl (C=O) groups is 1. The van der Waals surface area contributed by atoms with Crippen molar-refractivity contribution < 1.29 is 57.5 Å². The molecule has 2 rings (SSSR count). The van der Waals surface area contributed by atoms with Gasteiger partial charge in [-0.15, -0.1) is 0 Å². The van der Waals surface area contributed by atoms with E-state index in [1.807, 2.05) is 0 Å². The normalized spacial score (nSPS) is 13.4. The summed E-state index contributed by atoms with van der Waals surface area (Å²) >= 11 is 0. The summed E-state index contributed by atoms with van der Waals surface area (Å²) in [5.41, 5.74) is -8.03. The molecular weight excluding hydrogens is 462 g/mol. The molecule has 2 nitrogen and oxygen atoms in total. The Morgan fingerprint density at radius 3 is 1.16 bits per heavy atom.